The zero-order valence-electron chi connectivity index (χ0n) is 11.8. The van der Waals surface area contributed by atoms with Crippen molar-refractivity contribution in [2.45, 2.75) is 52.0 Å². The van der Waals surface area contributed by atoms with Crippen molar-refractivity contribution in [3.05, 3.63) is 17.0 Å². The van der Waals surface area contributed by atoms with Gasteiger partial charge in [0.05, 0.1) is 17.8 Å². The third-order valence-electron chi connectivity index (χ3n) is 4.17. The first-order chi connectivity index (χ1) is 8.97. The highest BCUT2D eigenvalue weighted by atomic mass is 16.5. The molecule has 2 N–H and O–H groups in total. The van der Waals surface area contributed by atoms with Crippen LogP contribution in [0.2, 0.25) is 0 Å². The third kappa shape index (κ3) is 2.81. The predicted molar refractivity (Wildman–Crippen MR) is 70.9 cm³/mol. The molecule has 1 saturated carbocycles. The smallest absolute Gasteiger partial charge is 0.257 e. The summed E-state index contributed by atoms with van der Waals surface area (Å²) in [5.74, 6) is 0.989. The number of hydrogen-bond donors (Lipinski definition) is 2. The van der Waals surface area contributed by atoms with Crippen LogP contribution in [0.3, 0.4) is 0 Å². The summed E-state index contributed by atoms with van der Waals surface area (Å²) < 4.78 is 5.02. The van der Waals surface area contributed by atoms with Crippen LogP contribution in [0.4, 0.5) is 0 Å². The molecule has 2 rings (SSSR count). The van der Waals surface area contributed by atoms with E-state index in [0.29, 0.717) is 22.9 Å². The number of aliphatic hydroxyl groups is 1. The molecule has 1 aromatic heterocycles. The molecule has 1 aliphatic rings. The number of hydrogen-bond acceptors (Lipinski definition) is 4. The number of carbonyl (C=O) groups excluding carboxylic acids is 1. The SMILES string of the molecule is Cc1noc(C)c1C(=O)NC1(CO)CCC(C)CC1. The lowest BCUT2D eigenvalue weighted by molar-refractivity contribution is 0.0715. The Morgan fingerprint density at radius 3 is 2.58 bits per heavy atom. The Bertz CT molecular complexity index is 440. The standard InChI is InChI=1S/C14H22N2O3/c1-9-4-6-14(8-17,7-5-9)15-13(18)12-10(2)16-19-11(12)3/h9,17H,4-8H2,1-3H3,(H,15,18). The fourth-order valence-corrected chi connectivity index (χ4v) is 2.75. The number of nitrogens with one attached hydrogen (secondary N) is 1. The topological polar surface area (TPSA) is 75.4 Å². The summed E-state index contributed by atoms with van der Waals surface area (Å²) in [4.78, 5) is 12.3. The van der Waals surface area contributed by atoms with E-state index in [1.807, 2.05) is 0 Å². The molecule has 5 nitrogen and oxygen atoms in total. The fraction of sp³-hybridized carbons (Fsp3) is 0.714. The van der Waals surface area contributed by atoms with Crippen molar-refractivity contribution in [2.75, 3.05) is 6.61 Å². The maximum atomic E-state index is 12.3. The number of aryl methyl sites for hydroxylation is 2. The molecule has 0 saturated heterocycles. The van der Waals surface area contributed by atoms with Crippen LogP contribution < -0.4 is 5.32 Å². The van der Waals surface area contributed by atoms with E-state index in [4.69, 9.17) is 4.52 Å². The minimum atomic E-state index is -0.486. The molecule has 1 aliphatic carbocycles. The van der Waals surface area contributed by atoms with Crippen molar-refractivity contribution in [1.29, 1.82) is 0 Å². The first kappa shape index (κ1) is 14.1. The monoisotopic (exact) mass is 266 g/mol. The Morgan fingerprint density at radius 2 is 2.11 bits per heavy atom. The lowest BCUT2D eigenvalue weighted by atomic mass is 9.77. The Kier molecular flexibility index (Phi) is 3.94. The van der Waals surface area contributed by atoms with Crippen molar-refractivity contribution in [1.82, 2.24) is 10.5 Å². The third-order valence-corrected chi connectivity index (χ3v) is 4.17. The van der Waals surface area contributed by atoms with E-state index in [9.17, 15) is 9.90 Å². The van der Waals surface area contributed by atoms with E-state index in [-0.39, 0.29) is 12.5 Å². The molecular formula is C14H22N2O3. The lowest BCUT2D eigenvalue weighted by Crippen LogP contribution is -2.53. The van der Waals surface area contributed by atoms with Gasteiger partial charge in [0.25, 0.3) is 5.91 Å². The highest BCUT2D eigenvalue weighted by Crippen LogP contribution is 2.32. The van der Waals surface area contributed by atoms with Gasteiger partial charge in [0, 0.05) is 0 Å². The number of carbonyl (C=O) groups is 1. The van der Waals surface area contributed by atoms with E-state index < -0.39 is 5.54 Å². The Morgan fingerprint density at radius 1 is 1.47 bits per heavy atom. The lowest BCUT2D eigenvalue weighted by Gasteiger charge is -2.38. The average Bonchev–Trinajstić information content (AvgIpc) is 2.72. The van der Waals surface area contributed by atoms with Crippen molar-refractivity contribution in [2.24, 2.45) is 5.92 Å². The van der Waals surface area contributed by atoms with Gasteiger partial charge in [-0.2, -0.15) is 0 Å². The first-order valence-electron chi connectivity index (χ1n) is 6.84. The minimum absolute atomic E-state index is 0.0190. The number of amides is 1. The normalized spacial score (nSPS) is 27.3. The molecule has 19 heavy (non-hydrogen) atoms. The molecule has 0 aromatic carbocycles. The molecule has 0 unspecified atom stereocenters. The molecule has 5 heteroatoms. The van der Waals surface area contributed by atoms with E-state index >= 15 is 0 Å². The van der Waals surface area contributed by atoms with Gasteiger partial charge in [0.2, 0.25) is 0 Å². The van der Waals surface area contributed by atoms with Gasteiger partial charge in [0.15, 0.2) is 0 Å². The number of aromatic nitrogens is 1. The fourth-order valence-electron chi connectivity index (χ4n) is 2.75. The Hall–Kier alpha value is -1.36. The second-order valence-corrected chi connectivity index (χ2v) is 5.77. The molecule has 0 atom stereocenters. The van der Waals surface area contributed by atoms with Crippen LogP contribution in [-0.4, -0.2) is 28.3 Å². The second kappa shape index (κ2) is 5.33. The molecule has 0 spiro atoms. The number of nitrogens with zero attached hydrogens (tertiary/aromatic N) is 1. The van der Waals surface area contributed by atoms with Gasteiger partial charge in [0.1, 0.15) is 11.3 Å². The van der Waals surface area contributed by atoms with Crippen LogP contribution >= 0.6 is 0 Å². The van der Waals surface area contributed by atoms with E-state index in [2.05, 4.69) is 17.4 Å². The van der Waals surface area contributed by atoms with Crippen LogP contribution in [-0.2, 0) is 0 Å². The summed E-state index contributed by atoms with van der Waals surface area (Å²) in [5, 5.41) is 16.4. The van der Waals surface area contributed by atoms with Gasteiger partial charge < -0.3 is 14.9 Å². The zero-order chi connectivity index (χ0) is 14.0. The molecule has 1 aromatic rings. The van der Waals surface area contributed by atoms with Crippen LogP contribution in [0.1, 0.15) is 54.4 Å². The molecule has 0 bridgehead atoms. The highest BCUT2D eigenvalue weighted by molar-refractivity contribution is 5.96. The van der Waals surface area contributed by atoms with Gasteiger partial charge in [-0.1, -0.05) is 12.1 Å². The Balaban J connectivity index is 2.13. The summed E-state index contributed by atoms with van der Waals surface area (Å²) in [5.41, 5.74) is 0.596. The average molecular weight is 266 g/mol. The highest BCUT2D eigenvalue weighted by Gasteiger charge is 2.36. The summed E-state index contributed by atoms with van der Waals surface area (Å²) >= 11 is 0. The predicted octanol–water partition coefficient (Wildman–Crippen LogP) is 1.96. The van der Waals surface area contributed by atoms with Crippen LogP contribution in [0.5, 0.6) is 0 Å². The van der Waals surface area contributed by atoms with Crippen molar-refractivity contribution in [3.8, 4) is 0 Å². The van der Waals surface area contributed by atoms with Crippen molar-refractivity contribution >= 4 is 5.91 Å². The quantitative estimate of drug-likeness (QED) is 0.877. The van der Waals surface area contributed by atoms with Gasteiger partial charge in [-0.05, 0) is 45.4 Å². The molecule has 0 aliphatic heterocycles. The van der Waals surface area contributed by atoms with Crippen LogP contribution in [0, 0.1) is 19.8 Å². The minimum Gasteiger partial charge on any atom is -0.394 e. The largest absolute Gasteiger partial charge is 0.394 e. The van der Waals surface area contributed by atoms with Crippen LogP contribution in [0.25, 0.3) is 0 Å². The van der Waals surface area contributed by atoms with Crippen LogP contribution in [0.15, 0.2) is 4.52 Å². The van der Waals surface area contributed by atoms with Gasteiger partial charge in [-0.3, -0.25) is 4.79 Å². The number of rotatable bonds is 3. The molecule has 1 fully saturated rings. The summed E-state index contributed by atoms with van der Waals surface area (Å²) in [7, 11) is 0. The molecule has 1 amide bonds. The van der Waals surface area contributed by atoms with E-state index in [1.54, 1.807) is 13.8 Å². The van der Waals surface area contributed by atoms with Gasteiger partial charge in [-0.15, -0.1) is 0 Å². The maximum absolute atomic E-state index is 12.3. The van der Waals surface area contributed by atoms with Crippen molar-refractivity contribution < 1.29 is 14.4 Å². The number of aliphatic hydroxyl groups excluding tert-OH is 1. The van der Waals surface area contributed by atoms with E-state index in [1.165, 1.54) is 0 Å². The van der Waals surface area contributed by atoms with Crippen molar-refractivity contribution in [3.63, 3.8) is 0 Å². The molecular weight excluding hydrogens is 244 g/mol. The first-order valence-corrected chi connectivity index (χ1v) is 6.84. The summed E-state index contributed by atoms with van der Waals surface area (Å²) in [6.45, 7) is 5.66. The second-order valence-electron chi connectivity index (χ2n) is 5.77. The molecule has 106 valence electrons. The molecule has 0 radical (unpaired) electrons. The summed E-state index contributed by atoms with van der Waals surface area (Å²) in [6.07, 6.45) is 3.70. The van der Waals surface area contributed by atoms with Gasteiger partial charge in [-0.25, -0.2) is 0 Å². The summed E-state index contributed by atoms with van der Waals surface area (Å²) in [6, 6.07) is 0. The zero-order valence-corrected chi connectivity index (χ0v) is 11.8. The van der Waals surface area contributed by atoms with E-state index in [0.717, 1.165) is 25.7 Å². The van der Waals surface area contributed by atoms with Gasteiger partial charge >= 0.3 is 0 Å². The Labute approximate surface area is 113 Å². The molecule has 1 heterocycles. The maximum Gasteiger partial charge on any atom is 0.257 e.